The summed E-state index contributed by atoms with van der Waals surface area (Å²) in [6.45, 7) is 4.25. The number of para-hydroxylation sites is 1. The summed E-state index contributed by atoms with van der Waals surface area (Å²) in [6, 6.07) is 13.2. The van der Waals surface area contributed by atoms with Crippen molar-refractivity contribution in [3.05, 3.63) is 59.7 Å². The third-order valence-electron chi connectivity index (χ3n) is 4.97. The Morgan fingerprint density at radius 2 is 1.78 bits per heavy atom. The summed E-state index contributed by atoms with van der Waals surface area (Å²) in [4.78, 5) is 41.2. The second-order valence-electron chi connectivity index (χ2n) is 8.17. The molecule has 0 bridgehead atoms. The summed E-state index contributed by atoms with van der Waals surface area (Å²) < 4.78 is 38.0. The largest absolute Gasteiger partial charge is 0.506 e. The number of phenolic OH excluding ortho intramolecular Hbond substituents is 1. The van der Waals surface area contributed by atoms with E-state index in [2.05, 4.69) is 29.5 Å². The van der Waals surface area contributed by atoms with Gasteiger partial charge < -0.3 is 21.5 Å². The Hall–Kier alpha value is -3.89. The van der Waals surface area contributed by atoms with Gasteiger partial charge in [-0.3, -0.25) is 14.4 Å². The number of rotatable bonds is 7. The van der Waals surface area contributed by atoms with Crippen molar-refractivity contribution < 1.29 is 32.7 Å². The van der Waals surface area contributed by atoms with Crippen LogP contribution in [0.3, 0.4) is 0 Å². The normalized spacial score (nSPS) is 15.8. The van der Waals surface area contributed by atoms with E-state index in [0.29, 0.717) is 11.1 Å². The van der Waals surface area contributed by atoms with Crippen molar-refractivity contribution in [2.75, 3.05) is 5.32 Å². The fourth-order valence-corrected chi connectivity index (χ4v) is 3.40. The Kier molecular flexibility index (Phi) is 10.0. The topological polar surface area (TPSA) is 134 Å². The molecule has 3 rings (SSSR count). The lowest BCUT2D eigenvalue weighted by Crippen LogP contribution is -2.45. The molecule has 0 spiro atoms. The monoisotopic (exact) mass is 506 g/mol. The number of aromatic hydroxyl groups is 1. The van der Waals surface area contributed by atoms with Gasteiger partial charge in [-0.15, -0.1) is 0 Å². The summed E-state index contributed by atoms with van der Waals surface area (Å²) in [5.74, 6) is -4.36. The number of anilines is 1. The van der Waals surface area contributed by atoms with Crippen LogP contribution in [0.4, 0.5) is 18.9 Å². The van der Waals surface area contributed by atoms with Gasteiger partial charge in [-0.2, -0.15) is 13.2 Å². The SMILES string of the molecule is CCC.NC(=O)CC(CCC(F)(F)F)C(=O)NC1N=C(c2ccccc2)c2cccc(O)c2NC1=O. The maximum absolute atomic E-state index is 12.8. The number of hydrogen-bond acceptors (Lipinski definition) is 5. The molecule has 1 aliphatic heterocycles. The molecule has 11 heteroatoms. The number of aliphatic imine (C=N–C) groups is 1. The highest BCUT2D eigenvalue weighted by Crippen LogP contribution is 2.32. The molecule has 2 aromatic carbocycles. The summed E-state index contributed by atoms with van der Waals surface area (Å²) in [5, 5.41) is 15.1. The van der Waals surface area contributed by atoms with E-state index in [0.717, 1.165) is 0 Å². The van der Waals surface area contributed by atoms with Gasteiger partial charge >= 0.3 is 6.18 Å². The lowest BCUT2D eigenvalue weighted by Gasteiger charge is -2.19. The van der Waals surface area contributed by atoms with Crippen LogP contribution in [0.25, 0.3) is 0 Å². The number of benzodiazepines with no additional fused rings is 1. The maximum Gasteiger partial charge on any atom is 0.389 e. The van der Waals surface area contributed by atoms with Gasteiger partial charge in [0.2, 0.25) is 18.0 Å². The second kappa shape index (κ2) is 12.7. The van der Waals surface area contributed by atoms with Crippen molar-refractivity contribution in [1.29, 1.82) is 0 Å². The average Bonchev–Trinajstić information content (AvgIpc) is 2.94. The molecule has 2 aromatic rings. The molecule has 2 atom stereocenters. The first kappa shape index (κ1) is 28.3. The zero-order valence-corrected chi connectivity index (χ0v) is 19.9. The number of nitrogens with one attached hydrogen (secondary N) is 2. The maximum atomic E-state index is 12.8. The van der Waals surface area contributed by atoms with E-state index in [1.54, 1.807) is 42.5 Å². The Balaban J connectivity index is 0.00000145. The first-order valence-corrected chi connectivity index (χ1v) is 11.4. The third-order valence-corrected chi connectivity index (χ3v) is 4.97. The highest BCUT2D eigenvalue weighted by molar-refractivity contribution is 6.20. The molecule has 2 unspecified atom stereocenters. The van der Waals surface area contributed by atoms with Crippen LogP contribution in [0.5, 0.6) is 5.75 Å². The Labute approximate surface area is 206 Å². The number of nitrogens with zero attached hydrogens (tertiary/aromatic N) is 1. The summed E-state index contributed by atoms with van der Waals surface area (Å²) in [5.41, 5.74) is 6.40. The smallest absolute Gasteiger partial charge is 0.389 e. The predicted octanol–water partition coefficient (Wildman–Crippen LogP) is 3.87. The molecule has 5 N–H and O–H groups in total. The van der Waals surface area contributed by atoms with Crippen LogP contribution in [0, 0.1) is 5.92 Å². The zero-order chi connectivity index (χ0) is 26.9. The number of fused-ring (bicyclic) bond motifs is 1. The van der Waals surface area contributed by atoms with Crippen LogP contribution in [0.2, 0.25) is 0 Å². The van der Waals surface area contributed by atoms with E-state index < -0.39 is 55.2 Å². The fraction of sp³-hybridized carbons (Fsp3) is 0.360. The molecule has 0 radical (unpaired) electrons. The van der Waals surface area contributed by atoms with E-state index in [4.69, 9.17) is 5.73 Å². The highest BCUT2D eigenvalue weighted by Gasteiger charge is 2.34. The van der Waals surface area contributed by atoms with Crippen LogP contribution in [-0.2, 0) is 14.4 Å². The second-order valence-corrected chi connectivity index (χ2v) is 8.17. The Bertz CT molecular complexity index is 1100. The van der Waals surface area contributed by atoms with Crippen LogP contribution < -0.4 is 16.4 Å². The van der Waals surface area contributed by atoms with Gasteiger partial charge in [0.05, 0.1) is 11.4 Å². The summed E-state index contributed by atoms with van der Waals surface area (Å²) in [6.07, 6.45) is -7.41. The number of carbonyl (C=O) groups excluding carboxylic acids is 3. The summed E-state index contributed by atoms with van der Waals surface area (Å²) >= 11 is 0. The highest BCUT2D eigenvalue weighted by atomic mass is 19.4. The Morgan fingerprint density at radius 1 is 1.14 bits per heavy atom. The number of carbonyl (C=O) groups is 3. The van der Waals surface area contributed by atoms with Crippen LogP contribution >= 0.6 is 0 Å². The van der Waals surface area contributed by atoms with Gasteiger partial charge in [-0.25, -0.2) is 4.99 Å². The van der Waals surface area contributed by atoms with Crippen LogP contribution in [0.1, 0.15) is 50.7 Å². The Morgan fingerprint density at radius 3 is 2.36 bits per heavy atom. The molecule has 36 heavy (non-hydrogen) atoms. The van der Waals surface area contributed by atoms with Crippen molar-refractivity contribution in [2.24, 2.45) is 16.6 Å². The van der Waals surface area contributed by atoms with Gasteiger partial charge in [0.25, 0.3) is 5.91 Å². The minimum Gasteiger partial charge on any atom is -0.506 e. The molecule has 0 aromatic heterocycles. The number of alkyl halides is 3. The lowest BCUT2D eigenvalue weighted by atomic mass is 9.97. The lowest BCUT2D eigenvalue weighted by molar-refractivity contribution is -0.143. The number of primary amides is 1. The number of amides is 3. The zero-order valence-electron chi connectivity index (χ0n) is 19.9. The molecule has 1 heterocycles. The van der Waals surface area contributed by atoms with Gasteiger partial charge in [-0.05, 0) is 12.5 Å². The van der Waals surface area contributed by atoms with Crippen molar-refractivity contribution in [3.8, 4) is 5.75 Å². The molecule has 0 aliphatic carbocycles. The standard InChI is InChI=1S/C22H21F3N4O4.C3H8/c23-22(24,25)10-9-13(11-16(26)31)20(32)29-19-21(33)28-18-14(7-4-8-15(18)30)17(27-19)12-5-2-1-3-6-12;1-3-2/h1-8,13,19,30H,9-11H2,(H2,26,31)(H,28,33)(H,29,32);3H2,1-2H3. The molecule has 8 nitrogen and oxygen atoms in total. The van der Waals surface area contributed by atoms with E-state index in [1.807, 2.05) is 0 Å². The van der Waals surface area contributed by atoms with Gasteiger partial charge in [0.15, 0.2) is 0 Å². The first-order valence-electron chi connectivity index (χ1n) is 11.4. The van der Waals surface area contributed by atoms with Crippen LogP contribution in [-0.4, -0.2) is 40.9 Å². The molecular formula is C25H29F3N4O4. The van der Waals surface area contributed by atoms with E-state index in [-0.39, 0.29) is 17.1 Å². The van der Waals surface area contributed by atoms with Crippen molar-refractivity contribution >= 4 is 29.1 Å². The number of benzene rings is 2. The van der Waals surface area contributed by atoms with Crippen LogP contribution in [0.15, 0.2) is 53.5 Å². The number of nitrogens with two attached hydrogens (primary N) is 1. The predicted molar refractivity (Wildman–Crippen MR) is 129 cm³/mol. The first-order chi connectivity index (χ1) is 17.0. The molecule has 0 saturated carbocycles. The van der Waals surface area contributed by atoms with Crippen molar-refractivity contribution in [3.63, 3.8) is 0 Å². The molecular weight excluding hydrogens is 477 g/mol. The fourth-order valence-electron chi connectivity index (χ4n) is 3.40. The number of phenols is 1. The minimum absolute atomic E-state index is 0.0765. The molecule has 1 aliphatic rings. The average molecular weight is 507 g/mol. The molecule has 0 saturated heterocycles. The summed E-state index contributed by atoms with van der Waals surface area (Å²) in [7, 11) is 0. The van der Waals surface area contributed by atoms with E-state index >= 15 is 0 Å². The van der Waals surface area contributed by atoms with E-state index in [9.17, 15) is 32.7 Å². The minimum atomic E-state index is -4.53. The van der Waals surface area contributed by atoms with E-state index in [1.165, 1.54) is 12.5 Å². The number of halogens is 3. The van der Waals surface area contributed by atoms with Gasteiger partial charge in [-0.1, -0.05) is 62.7 Å². The van der Waals surface area contributed by atoms with Gasteiger partial charge in [0.1, 0.15) is 5.75 Å². The third kappa shape index (κ3) is 8.10. The molecule has 3 amide bonds. The quantitative estimate of drug-likeness (QED) is 0.424. The number of hydrogen-bond donors (Lipinski definition) is 4. The van der Waals surface area contributed by atoms with Gasteiger partial charge in [0, 0.05) is 29.9 Å². The van der Waals surface area contributed by atoms with Crippen molar-refractivity contribution in [2.45, 2.75) is 51.9 Å². The van der Waals surface area contributed by atoms with Crippen molar-refractivity contribution in [1.82, 2.24) is 5.32 Å². The molecule has 194 valence electrons. The molecule has 0 fully saturated rings.